The van der Waals surface area contributed by atoms with Crippen molar-refractivity contribution in [2.75, 3.05) is 0 Å². The molecule has 2 rings (SSSR count). The molecule has 0 bridgehead atoms. The van der Waals surface area contributed by atoms with E-state index >= 15 is 0 Å². The van der Waals surface area contributed by atoms with Crippen LogP contribution >= 0.6 is 0 Å². The topological polar surface area (TPSA) is 43.1 Å². The number of hydrogen-bond donors (Lipinski definition) is 0. The number of nitrogens with zero attached hydrogens (tertiary/aromatic N) is 4. The van der Waals surface area contributed by atoms with Crippen molar-refractivity contribution in [1.82, 2.24) is 19.8 Å². The van der Waals surface area contributed by atoms with Crippen molar-refractivity contribution >= 4 is 5.65 Å². The second-order valence-electron chi connectivity index (χ2n) is 3.26. The average molecular weight is 192 g/mol. The lowest BCUT2D eigenvalue weighted by Gasteiger charge is -1.92. The van der Waals surface area contributed by atoms with Crippen LogP contribution in [0.3, 0.4) is 0 Å². The van der Waals surface area contributed by atoms with E-state index in [1.54, 1.807) is 10.7 Å². The van der Waals surface area contributed by atoms with Gasteiger partial charge in [-0.05, 0) is 25.5 Å². The van der Waals surface area contributed by atoms with Gasteiger partial charge in [0.1, 0.15) is 0 Å². The van der Waals surface area contributed by atoms with Crippen LogP contribution in [0.25, 0.3) is 5.65 Å². The Morgan fingerprint density at radius 1 is 1.21 bits per heavy atom. The second-order valence-corrected chi connectivity index (χ2v) is 3.26. The molecule has 0 radical (unpaired) electrons. The van der Waals surface area contributed by atoms with E-state index in [-0.39, 0.29) is 0 Å². The van der Waals surface area contributed by atoms with Crippen molar-refractivity contribution in [2.45, 2.75) is 34.1 Å². The lowest BCUT2D eigenvalue weighted by Crippen LogP contribution is -1.93. The van der Waals surface area contributed by atoms with E-state index in [2.05, 4.69) is 29.1 Å². The summed E-state index contributed by atoms with van der Waals surface area (Å²) < 4.78 is 1.72. The average Bonchev–Trinajstić information content (AvgIpc) is 2.49. The van der Waals surface area contributed by atoms with Gasteiger partial charge in [-0.3, -0.25) is 0 Å². The standard InChI is InChI=1S/C7H8N4.C3H8/c1-5-3-7-10-9-6(2)11(7)8-4-5;1-3-2/h3-4H,1-2H3;3H2,1-2H3. The van der Waals surface area contributed by atoms with Gasteiger partial charge in [0.2, 0.25) is 0 Å². The third-order valence-corrected chi connectivity index (χ3v) is 1.55. The minimum Gasteiger partial charge on any atom is -0.198 e. The predicted molar refractivity (Wildman–Crippen MR) is 56.2 cm³/mol. The molecule has 2 heterocycles. The first-order chi connectivity index (χ1) is 6.69. The molecule has 4 nitrogen and oxygen atoms in total. The Labute approximate surface area is 84.0 Å². The fourth-order valence-electron chi connectivity index (χ4n) is 0.997. The van der Waals surface area contributed by atoms with Crippen molar-refractivity contribution in [1.29, 1.82) is 0 Å². The van der Waals surface area contributed by atoms with E-state index in [0.717, 1.165) is 17.0 Å². The van der Waals surface area contributed by atoms with Crippen molar-refractivity contribution in [3.8, 4) is 0 Å². The molecule has 0 saturated heterocycles. The zero-order valence-electron chi connectivity index (χ0n) is 9.15. The Morgan fingerprint density at radius 3 is 2.50 bits per heavy atom. The van der Waals surface area contributed by atoms with Gasteiger partial charge in [0.05, 0.1) is 6.20 Å². The maximum Gasteiger partial charge on any atom is 0.178 e. The summed E-state index contributed by atoms with van der Waals surface area (Å²) in [5, 5.41) is 11.9. The third-order valence-electron chi connectivity index (χ3n) is 1.55. The summed E-state index contributed by atoms with van der Waals surface area (Å²) >= 11 is 0. The Bertz CT molecular complexity index is 405. The van der Waals surface area contributed by atoms with Crippen molar-refractivity contribution in [3.05, 3.63) is 23.7 Å². The lowest BCUT2D eigenvalue weighted by molar-refractivity contribution is 0.869. The molecule has 0 aromatic carbocycles. The van der Waals surface area contributed by atoms with Crippen LogP contribution in [0.15, 0.2) is 12.3 Å². The van der Waals surface area contributed by atoms with E-state index in [9.17, 15) is 0 Å². The molecule has 2 aromatic heterocycles. The highest BCUT2D eigenvalue weighted by atomic mass is 15.4. The van der Waals surface area contributed by atoms with E-state index in [4.69, 9.17) is 0 Å². The van der Waals surface area contributed by atoms with Gasteiger partial charge < -0.3 is 0 Å². The van der Waals surface area contributed by atoms with Crippen LogP contribution in [0, 0.1) is 13.8 Å². The SMILES string of the molecule is CCC.Cc1cnn2c(C)nnc2c1. The van der Waals surface area contributed by atoms with Crippen LogP contribution in [-0.4, -0.2) is 19.8 Å². The van der Waals surface area contributed by atoms with Gasteiger partial charge in [-0.25, -0.2) is 0 Å². The molecule has 76 valence electrons. The summed E-state index contributed by atoms with van der Waals surface area (Å²) in [6, 6.07) is 1.95. The first kappa shape index (κ1) is 10.6. The first-order valence-electron chi connectivity index (χ1n) is 4.83. The normalized spacial score (nSPS) is 9.71. The van der Waals surface area contributed by atoms with Gasteiger partial charge in [-0.2, -0.15) is 9.61 Å². The van der Waals surface area contributed by atoms with E-state index in [1.165, 1.54) is 6.42 Å². The van der Waals surface area contributed by atoms with E-state index in [0.29, 0.717) is 0 Å². The number of rotatable bonds is 0. The van der Waals surface area contributed by atoms with Gasteiger partial charge in [-0.15, -0.1) is 10.2 Å². The molecule has 0 fully saturated rings. The van der Waals surface area contributed by atoms with Gasteiger partial charge in [0, 0.05) is 0 Å². The summed E-state index contributed by atoms with van der Waals surface area (Å²) in [6.07, 6.45) is 3.04. The number of hydrogen-bond acceptors (Lipinski definition) is 3. The highest BCUT2D eigenvalue weighted by molar-refractivity contribution is 5.37. The van der Waals surface area contributed by atoms with E-state index in [1.807, 2.05) is 19.9 Å². The summed E-state index contributed by atoms with van der Waals surface area (Å²) in [5.74, 6) is 0.819. The molecule has 0 saturated carbocycles. The maximum absolute atomic E-state index is 4.13. The molecule has 0 aliphatic heterocycles. The molecule has 0 atom stereocenters. The van der Waals surface area contributed by atoms with Gasteiger partial charge in [-0.1, -0.05) is 20.3 Å². The molecule has 0 aliphatic carbocycles. The predicted octanol–water partition coefficient (Wildman–Crippen LogP) is 2.16. The fourth-order valence-corrected chi connectivity index (χ4v) is 0.997. The van der Waals surface area contributed by atoms with Crippen molar-refractivity contribution in [2.24, 2.45) is 0 Å². The second kappa shape index (κ2) is 4.69. The summed E-state index contributed by atoms with van der Waals surface area (Å²) in [5.41, 5.74) is 1.91. The highest BCUT2D eigenvalue weighted by Crippen LogP contribution is 2.01. The van der Waals surface area contributed by atoms with Gasteiger partial charge in [0.25, 0.3) is 0 Å². The molecule has 0 unspecified atom stereocenters. The molecule has 0 amide bonds. The maximum atomic E-state index is 4.13. The zero-order valence-corrected chi connectivity index (χ0v) is 9.15. The summed E-state index contributed by atoms with van der Waals surface area (Å²) in [4.78, 5) is 0. The largest absolute Gasteiger partial charge is 0.198 e. The van der Waals surface area contributed by atoms with Crippen LogP contribution in [0.5, 0.6) is 0 Å². The Kier molecular flexibility index (Phi) is 3.56. The fraction of sp³-hybridized carbons (Fsp3) is 0.500. The van der Waals surface area contributed by atoms with Crippen LogP contribution in [-0.2, 0) is 0 Å². The molecule has 0 spiro atoms. The number of aromatic nitrogens is 4. The number of fused-ring (bicyclic) bond motifs is 1. The van der Waals surface area contributed by atoms with Crippen LogP contribution in [0.4, 0.5) is 0 Å². The molecular weight excluding hydrogens is 176 g/mol. The molecule has 0 aliphatic rings. The Morgan fingerprint density at radius 2 is 1.86 bits per heavy atom. The Balaban J connectivity index is 0.000000293. The van der Waals surface area contributed by atoms with Crippen LogP contribution in [0.1, 0.15) is 31.7 Å². The minimum atomic E-state index is 0.808. The molecule has 4 heteroatoms. The Hall–Kier alpha value is -1.45. The van der Waals surface area contributed by atoms with E-state index < -0.39 is 0 Å². The smallest absolute Gasteiger partial charge is 0.178 e. The molecular formula is C10H16N4. The van der Waals surface area contributed by atoms with Crippen molar-refractivity contribution in [3.63, 3.8) is 0 Å². The zero-order chi connectivity index (χ0) is 10.6. The van der Waals surface area contributed by atoms with Gasteiger partial charge in [0.15, 0.2) is 11.5 Å². The number of aryl methyl sites for hydroxylation is 2. The molecule has 14 heavy (non-hydrogen) atoms. The monoisotopic (exact) mass is 192 g/mol. The minimum absolute atomic E-state index is 0.808. The van der Waals surface area contributed by atoms with Gasteiger partial charge >= 0.3 is 0 Å². The molecule has 2 aromatic rings. The highest BCUT2D eigenvalue weighted by Gasteiger charge is 1.99. The van der Waals surface area contributed by atoms with Crippen LogP contribution in [0.2, 0.25) is 0 Å². The van der Waals surface area contributed by atoms with Crippen molar-refractivity contribution < 1.29 is 0 Å². The summed E-state index contributed by atoms with van der Waals surface area (Å²) in [7, 11) is 0. The summed E-state index contributed by atoms with van der Waals surface area (Å²) in [6.45, 7) is 8.11. The quantitative estimate of drug-likeness (QED) is 0.642. The third kappa shape index (κ3) is 2.28. The molecule has 0 N–H and O–H groups in total. The first-order valence-corrected chi connectivity index (χ1v) is 4.83. The lowest BCUT2D eigenvalue weighted by atomic mass is 10.3. The van der Waals surface area contributed by atoms with Crippen LogP contribution < -0.4 is 0 Å².